The van der Waals surface area contributed by atoms with Crippen molar-refractivity contribution in [2.24, 2.45) is 0 Å². The Morgan fingerprint density at radius 1 is 1.09 bits per heavy atom. The molecule has 4 rings (SSSR count). The third kappa shape index (κ3) is 7.48. The number of amides is 2. The molecule has 10 nitrogen and oxygen atoms in total. The molecule has 1 atom stereocenters. The molecule has 0 radical (unpaired) electrons. The largest absolute Gasteiger partial charge is 0.491 e. The number of ether oxygens (including phenoxy) is 2. The fourth-order valence-corrected chi connectivity index (χ4v) is 4.23. The van der Waals surface area contributed by atoms with Crippen molar-refractivity contribution >= 4 is 40.9 Å². The van der Waals surface area contributed by atoms with E-state index in [9.17, 15) is 32.3 Å². The minimum Gasteiger partial charge on any atom is -0.489 e. The first-order valence-corrected chi connectivity index (χ1v) is 12.9. The van der Waals surface area contributed by atoms with Crippen LogP contribution in [0.2, 0.25) is 0 Å². The Morgan fingerprint density at radius 2 is 1.84 bits per heavy atom. The molecule has 13 heteroatoms. The number of pyridine rings is 1. The average Bonchev–Trinajstić information content (AvgIpc) is 3.07. The Bertz CT molecular complexity index is 1600. The van der Waals surface area contributed by atoms with E-state index >= 15 is 0 Å². The molecule has 1 aliphatic heterocycles. The number of hydrogen-bond acceptors (Lipinski definition) is 8. The van der Waals surface area contributed by atoms with Crippen LogP contribution in [0.4, 0.5) is 30.4 Å². The molecule has 3 aromatic rings. The number of rotatable bonds is 7. The zero-order valence-corrected chi connectivity index (χ0v) is 22.8. The van der Waals surface area contributed by atoms with Crippen molar-refractivity contribution in [3.63, 3.8) is 0 Å². The monoisotopic (exact) mass is 594 g/mol. The third-order valence-electron chi connectivity index (χ3n) is 6.25. The maximum Gasteiger partial charge on any atom is 0.491 e. The molecule has 0 fully saturated rings. The zero-order chi connectivity index (χ0) is 31.1. The zero-order valence-electron chi connectivity index (χ0n) is 22.8. The van der Waals surface area contributed by atoms with E-state index in [1.165, 1.54) is 24.1 Å². The summed E-state index contributed by atoms with van der Waals surface area (Å²) in [4.78, 5) is 56.7. The van der Waals surface area contributed by atoms with Gasteiger partial charge in [-0.3, -0.25) is 19.3 Å². The number of halogens is 3. The summed E-state index contributed by atoms with van der Waals surface area (Å²) in [6.45, 7) is 1.09. The summed E-state index contributed by atoms with van der Waals surface area (Å²) in [6.07, 6.45) is -4.27. The van der Waals surface area contributed by atoms with E-state index in [2.05, 4.69) is 21.6 Å². The Labute approximate surface area is 244 Å². The van der Waals surface area contributed by atoms with E-state index in [1.807, 2.05) is 0 Å². The lowest BCUT2D eigenvalue weighted by Crippen LogP contribution is -2.44. The molecule has 1 aliphatic rings. The van der Waals surface area contributed by atoms with Gasteiger partial charge >= 0.3 is 18.1 Å². The van der Waals surface area contributed by atoms with E-state index in [4.69, 9.17) is 10.5 Å². The topological polar surface area (TPSA) is 132 Å². The number of benzene rings is 2. The van der Waals surface area contributed by atoms with Crippen LogP contribution >= 0.6 is 0 Å². The van der Waals surface area contributed by atoms with Crippen LogP contribution in [0.15, 0.2) is 66.9 Å². The van der Waals surface area contributed by atoms with Crippen LogP contribution in [0.1, 0.15) is 35.7 Å². The molecule has 43 heavy (non-hydrogen) atoms. The summed E-state index contributed by atoms with van der Waals surface area (Å²) in [6, 6.07) is 15.5. The highest BCUT2D eigenvalue weighted by atomic mass is 19.4. The van der Waals surface area contributed by atoms with Crippen molar-refractivity contribution < 1.29 is 41.8 Å². The predicted octanol–water partition coefficient (Wildman–Crippen LogP) is 4.02. The number of alkyl halides is 3. The molecule has 0 aliphatic carbocycles. The van der Waals surface area contributed by atoms with Crippen LogP contribution in [-0.2, 0) is 19.1 Å². The molecule has 2 N–H and O–H groups in total. The van der Waals surface area contributed by atoms with E-state index in [0.717, 1.165) is 4.90 Å². The molecule has 2 amide bonds. The third-order valence-corrected chi connectivity index (χ3v) is 6.25. The minimum atomic E-state index is -5.36. The van der Waals surface area contributed by atoms with Gasteiger partial charge in [-0.15, -0.1) is 0 Å². The molecule has 1 unspecified atom stereocenters. The van der Waals surface area contributed by atoms with Gasteiger partial charge in [-0.25, -0.2) is 9.78 Å². The summed E-state index contributed by atoms with van der Waals surface area (Å²) in [5.41, 5.74) is 7.00. The standard InChI is InChI=1S/C30H25F3N4O6/c1-19(16-26(39)43-29(41)30(31,32)33)36-18-25(38)37(21-9-3-2-4-10-21)23-13-12-20(17-22(23)28(36)40)8-5-6-15-42-24-11-7-14-35-27(24)34/h2-4,7,9-14,17,19H,6,15-16,18H2,1H3,(H2,34,35). The lowest BCUT2D eigenvalue weighted by Gasteiger charge is -2.27. The van der Waals surface area contributed by atoms with Crippen LogP contribution in [0.3, 0.4) is 0 Å². The number of para-hydroxylation sites is 1. The molecule has 1 aromatic heterocycles. The van der Waals surface area contributed by atoms with Gasteiger partial charge in [-0.1, -0.05) is 30.0 Å². The van der Waals surface area contributed by atoms with Crippen molar-refractivity contribution in [3.8, 4) is 17.6 Å². The number of carbonyl (C=O) groups excluding carboxylic acids is 4. The number of anilines is 3. The van der Waals surface area contributed by atoms with Gasteiger partial charge in [0.15, 0.2) is 11.6 Å². The van der Waals surface area contributed by atoms with Gasteiger partial charge in [-0.2, -0.15) is 13.2 Å². The first-order chi connectivity index (χ1) is 20.5. The van der Waals surface area contributed by atoms with Crippen molar-refractivity contribution in [2.75, 3.05) is 23.8 Å². The molecule has 0 saturated carbocycles. The predicted molar refractivity (Wildman–Crippen MR) is 148 cm³/mol. The van der Waals surface area contributed by atoms with Gasteiger partial charge < -0.3 is 20.1 Å². The maximum atomic E-state index is 13.7. The smallest absolute Gasteiger partial charge is 0.489 e. The van der Waals surface area contributed by atoms with Crippen LogP contribution in [0.25, 0.3) is 0 Å². The van der Waals surface area contributed by atoms with Gasteiger partial charge in [0.2, 0.25) is 0 Å². The molecule has 0 saturated heterocycles. The number of fused-ring (bicyclic) bond motifs is 1. The summed E-state index contributed by atoms with van der Waals surface area (Å²) < 4.78 is 47.0. The SMILES string of the molecule is CC(CC(=O)OC(=O)C(F)(F)F)N1CC(=O)N(c2ccccc2)c2ccc(C#CCCOc3cccnc3N)cc2C1=O. The Hall–Kier alpha value is -5.38. The molecule has 222 valence electrons. The highest BCUT2D eigenvalue weighted by Crippen LogP contribution is 2.34. The molecule has 0 spiro atoms. The first-order valence-electron chi connectivity index (χ1n) is 12.9. The summed E-state index contributed by atoms with van der Waals surface area (Å²) in [5, 5.41) is 0. The van der Waals surface area contributed by atoms with E-state index in [-0.39, 0.29) is 23.7 Å². The number of carbonyl (C=O) groups is 4. The number of nitrogens with zero attached hydrogens (tertiary/aromatic N) is 3. The average molecular weight is 595 g/mol. The number of nitrogens with two attached hydrogens (primary N) is 1. The Morgan fingerprint density at radius 3 is 2.53 bits per heavy atom. The second kappa shape index (κ2) is 13.1. The maximum absolute atomic E-state index is 13.7. The van der Waals surface area contributed by atoms with Gasteiger partial charge in [0.1, 0.15) is 6.54 Å². The van der Waals surface area contributed by atoms with Crippen LogP contribution in [0, 0.1) is 11.8 Å². The Balaban J connectivity index is 1.59. The molecule has 2 heterocycles. The molecular weight excluding hydrogens is 569 g/mol. The Kier molecular flexibility index (Phi) is 9.29. The van der Waals surface area contributed by atoms with Gasteiger partial charge in [0, 0.05) is 29.9 Å². The number of esters is 2. The molecular formula is C30H25F3N4O6. The van der Waals surface area contributed by atoms with Crippen LogP contribution in [0.5, 0.6) is 5.75 Å². The quantitative estimate of drug-likeness (QED) is 0.188. The van der Waals surface area contributed by atoms with E-state index in [0.29, 0.717) is 23.4 Å². The van der Waals surface area contributed by atoms with Crippen LogP contribution < -0.4 is 15.4 Å². The second-order valence-electron chi connectivity index (χ2n) is 9.33. The number of hydrogen-bond donors (Lipinski definition) is 1. The first kappa shape index (κ1) is 30.6. The van der Waals surface area contributed by atoms with E-state index < -0.39 is 48.9 Å². The van der Waals surface area contributed by atoms with Gasteiger partial charge in [0.05, 0.1) is 24.3 Å². The molecule has 2 aromatic carbocycles. The lowest BCUT2D eigenvalue weighted by molar-refractivity contribution is -0.202. The van der Waals surface area contributed by atoms with Crippen molar-refractivity contribution in [3.05, 3.63) is 78.0 Å². The summed E-state index contributed by atoms with van der Waals surface area (Å²) in [7, 11) is 0. The summed E-state index contributed by atoms with van der Waals surface area (Å²) >= 11 is 0. The number of nitrogen functional groups attached to an aromatic ring is 1. The minimum absolute atomic E-state index is 0.0764. The fourth-order valence-electron chi connectivity index (χ4n) is 4.23. The highest BCUT2D eigenvalue weighted by Gasteiger charge is 2.43. The number of aromatic nitrogens is 1. The van der Waals surface area contributed by atoms with E-state index in [1.54, 1.807) is 54.6 Å². The summed E-state index contributed by atoms with van der Waals surface area (Å²) in [5.74, 6) is 1.21. The van der Waals surface area contributed by atoms with Crippen molar-refractivity contribution in [2.45, 2.75) is 32.0 Å². The molecule has 0 bridgehead atoms. The fraction of sp³-hybridized carbons (Fsp3) is 0.233. The van der Waals surface area contributed by atoms with Crippen molar-refractivity contribution in [1.82, 2.24) is 9.88 Å². The van der Waals surface area contributed by atoms with Gasteiger partial charge in [0.25, 0.3) is 11.8 Å². The normalized spacial score (nSPS) is 13.8. The van der Waals surface area contributed by atoms with Crippen molar-refractivity contribution in [1.29, 1.82) is 0 Å². The van der Waals surface area contributed by atoms with Gasteiger partial charge in [-0.05, 0) is 49.4 Å². The van der Waals surface area contributed by atoms with Crippen LogP contribution in [-0.4, -0.2) is 59.0 Å². The highest BCUT2D eigenvalue weighted by molar-refractivity contribution is 6.13. The lowest BCUT2D eigenvalue weighted by atomic mass is 10.1. The second-order valence-corrected chi connectivity index (χ2v) is 9.33.